The van der Waals surface area contributed by atoms with E-state index in [0.717, 1.165) is 18.2 Å². The highest BCUT2D eigenvalue weighted by Crippen LogP contribution is 2.34. The number of hydrogen-bond acceptors (Lipinski definition) is 3. The van der Waals surface area contributed by atoms with Crippen LogP contribution in [0.3, 0.4) is 0 Å². The second kappa shape index (κ2) is 5.63. The molecule has 0 aliphatic carbocycles. The lowest BCUT2D eigenvalue weighted by atomic mass is 10.1. The standard InChI is InChI=1S/C11H11F3N2O2/c1-15-6-2-3-8-7-9(16(17)18)4-5-10(8)11(12,13)14/h2-5,7,15H,6H2,1H3. The van der Waals surface area contributed by atoms with E-state index in [1.807, 2.05) is 0 Å². The number of nitrogens with zero attached hydrogens (tertiary/aromatic N) is 1. The van der Waals surface area contributed by atoms with Crippen molar-refractivity contribution in [3.05, 3.63) is 45.5 Å². The van der Waals surface area contributed by atoms with Crippen LogP contribution in [0.5, 0.6) is 0 Å². The Morgan fingerprint density at radius 3 is 2.61 bits per heavy atom. The SMILES string of the molecule is CNCC=Cc1cc([N+](=O)[O-])ccc1C(F)(F)F. The molecule has 0 saturated carbocycles. The summed E-state index contributed by atoms with van der Waals surface area (Å²) in [6.45, 7) is 0.375. The Hall–Kier alpha value is -1.89. The minimum Gasteiger partial charge on any atom is -0.316 e. The molecule has 1 aromatic carbocycles. The van der Waals surface area contributed by atoms with Gasteiger partial charge in [-0.3, -0.25) is 10.1 Å². The van der Waals surface area contributed by atoms with Gasteiger partial charge in [0.1, 0.15) is 0 Å². The fraction of sp³-hybridized carbons (Fsp3) is 0.273. The smallest absolute Gasteiger partial charge is 0.316 e. The highest BCUT2D eigenvalue weighted by molar-refractivity contribution is 5.58. The second-order valence-corrected chi connectivity index (χ2v) is 3.49. The van der Waals surface area contributed by atoms with Gasteiger partial charge >= 0.3 is 6.18 Å². The first kappa shape index (κ1) is 14.2. The summed E-state index contributed by atoms with van der Waals surface area (Å²) >= 11 is 0. The predicted molar refractivity (Wildman–Crippen MR) is 61.1 cm³/mol. The van der Waals surface area contributed by atoms with Gasteiger partial charge in [-0.25, -0.2) is 0 Å². The first-order valence-corrected chi connectivity index (χ1v) is 5.03. The summed E-state index contributed by atoms with van der Waals surface area (Å²) in [4.78, 5) is 9.81. The summed E-state index contributed by atoms with van der Waals surface area (Å²) in [5.41, 5.74) is -1.47. The second-order valence-electron chi connectivity index (χ2n) is 3.49. The fourth-order valence-corrected chi connectivity index (χ4v) is 1.36. The zero-order valence-electron chi connectivity index (χ0n) is 9.49. The van der Waals surface area contributed by atoms with Gasteiger partial charge in [-0.15, -0.1) is 0 Å². The number of likely N-dealkylation sites (N-methyl/N-ethyl adjacent to an activating group) is 1. The van der Waals surface area contributed by atoms with Gasteiger partial charge in [-0.1, -0.05) is 12.2 Å². The molecule has 1 N–H and O–H groups in total. The number of alkyl halides is 3. The lowest BCUT2D eigenvalue weighted by Crippen LogP contribution is -2.08. The molecule has 0 saturated heterocycles. The third-order valence-corrected chi connectivity index (χ3v) is 2.17. The number of nitrogens with one attached hydrogen (secondary N) is 1. The molecule has 0 radical (unpaired) electrons. The summed E-state index contributed by atoms with van der Waals surface area (Å²) in [6, 6.07) is 2.48. The molecule has 0 aromatic heterocycles. The van der Waals surface area contributed by atoms with Crippen LogP contribution in [0.25, 0.3) is 6.08 Å². The lowest BCUT2D eigenvalue weighted by Gasteiger charge is -2.09. The largest absolute Gasteiger partial charge is 0.416 e. The van der Waals surface area contributed by atoms with E-state index in [2.05, 4.69) is 5.32 Å². The number of hydrogen-bond donors (Lipinski definition) is 1. The number of nitro benzene ring substituents is 1. The molecule has 1 rings (SSSR count). The van der Waals surface area contributed by atoms with Crippen molar-refractivity contribution in [2.75, 3.05) is 13.6 Å². The topological polar surface area (TPSA) is 55.2 Å². The van der Waals surface area contributed by atoms with E-state index in [1.54, 1.807) is 7.05 Å². The Labute approximate surface area is 101 Å². The van der Waals surface area contributed by atoms with Crippen LogP contribution in [0.1, 0.15) is 11.1 Å². The van der Waals surface area contributed by atoms with Crippen LogP contribution in [0.4, 0.5) is 18.9 Å². The minimum atomic E-state index is -4.53. The van der Waals surface area contributed by atoms with E-state index < -0.39 is 16.7 Å². The quantitative estimate of drug-likeness (QED) is 0.669. The number of halogens is 3. The van der Waals surface area contributed by atoms with Crippen molar-refractivity contribution < 1.29 is 18.1 Å². The van der Waals surface area contributed by atoms with Crippen LogP contribution in [-0.4, -0.2) is 18.5 Å². The number of nitro groups is 1. The average Bonchev–Trinajstić information content (AvgIpc) is 2.27. The molecule has 1 aromatic rings. The monoisotopic (exact) mass is 260 g/mol. The van der Waals surface area contributed by atoms with Crippen molar-refractivity contribution in [3.8, 4) is 0 Å². The van der Waals surface area contributed by atoms with Crippen molar-refractivity contribution in [2.24, 2.45) is 0 Å². The molecule has 0 amide bonds. The maximum Gasteiger partial charge on any atom is 0.416 e. The van der Waals surface area contributed by atoms with Crippen LogP contribution >= 0.6 is 0 Å². The van der Waals surface area contributed by atoms with Gasteiger partial charge in [-0.05, 0) is 18.7 Å². The summed E-state index contributed by atoms with van der Waals surface area (Å²) in [5.74, 6) is 0. The van der Waals surface area contributed by atoms with Crippen LogP contribution in [0.15, 0.2) is 24.3 Å². The molecule has 0 spiro atoms. The molecule has 4 nitrogen and oxygen atoms in total. The van der Waals surface area contributed by atoms with Gasteiger partial charge in [0.2, 0.25) is 0 Å². The van der Waals surface area contributed by atoms with Crippen molar-refractivity contribution in [2.45, 2.75) is 6.18 Å². The normalized spacial score (nSPS) is 12.0. The molecule has 7 heteroatoms. The molecule has 0 fully saturated rings. The zero-order chi connectivity index (χ0) is 13.8. The van der Waals surface area contributed by atoms with Crippen LogP contribution in [-0.2, 0) is 6.18 Å². The molecule has 98 valence electrons. The molecule has 0 bridgehead atoms. The molecule has 18 heavy (non-hydrogen) atoms. The Bertz CT molecular complexity index is 470. The fourth-order valence-electron chi connectivity index (χ4n) is 1.36. The summed E-state index contributed by atoms with van der Waals surface area (Å²) < 4.78 is 38.0. The summed E-state index contributed by atoms with van der Waals surface area (Å²) in [5, 5.41) is 13.3. The maximum absolute atomic E-state index is 12.7. The molecular weight excluding hydrogens is 249 g/mol. The van der Waals surface area contributed by atoms with E-state index in [1.165, 1.54) is 12.2 Å². The number of non-ortho nitro benzene ring substituents is 1. The number of rotatable bonds is 4. The molecule has 0 aliphatic rings. The van der Waals surface area contributed by atoms with Gasteiger partial charge in [0.05, 0.1) is 10.5 Å². The Morgan fingerprint density at radius 2 is 2.11 bits per heavy atom. The molecule has 0 unspecified atom stereocenters. The van der Waals surface area contributed by atoms with Crippen LogP contribution in [0.2, 0.25) is 0 Å². The van der Waals surface area contributed by atoms with Crippen molar-refractivity contribution >= 4 is 11.8 Å². The summed E-state index contributed by atoms with van der Waals surface area (Å²) in [6.07, 6.45) is -1.85. The van der Waals surface area contributed by atoms with Crippen molar-refractivity contribution in [3.63, 3.8) is 0 Å². The predicted octanol–water partition coefficient (Wildman–Crippen LogP) is 2.85. The average molecular weight is 260 g/mol. The van der Waals surface area contributed by atoms with Gasteiger partial charge in [0.15, 0.2) is 0 Å². The highest BCUT2D eigenvalue weighted by atomic mass is 19.4. The maximum atomic E-state index is 12.7. The van der Waals surface area contributed by atoms with E-state index in [0.29, 0.717) is 6.54 Å². The van der Waals surface area contributed by atoms with E-state index in [-0.39, 0.29) is 11.3 Å². The molecule has 0 heterocycles. The van der Waals surface area contributed by atoms with Crippen LogP contribution in [0, 0.1) is 10.1 Å². The van der Waals surface area contributed by atoms with E-state index >= 15 is 0 Å². The third kappa shape index (κ3) is 3.56. The Morgan fingerprint density at radius 1 is 1.44 bits per heavy atom. The van der Waals surface area contributed by atoms with Gasteiger partial charge < -0.3 is 5.32 Å². The van der Waals surface area contributed by atoms with E-state index in [4.69, 9.17) is 0 Å². The Kier molecular flexibility index (Phi) is 4.43. The molecular formula is C11H11F3N2O2. The van der Waals surface area contributed by atoms with Crippen molar-refractivity contribution in [1.82, 2.24) is 5.32 Å². The van der Waals surface area contributed by atoms with Gasteiger partial charge in [0.25, 0.3) is 5.69 Å². The molecule has 0 atom stereocenters. The summed E-state index contributed by atoms with van der Waals surface area (Å²) in [7, 11) is 1.64. The zero-order valence-corrected chi connectivity index (χ0v) is 9.49. The highest BCUT2D eigenvalue weighted by Gasteiger charge is 2.33. The first-order valence-electron chi connectivity index (χ1n) is 5.03. The van der Waals surface area contributed by atoms with Gasteiger partial charge in [-0.2, -0.15) is 13.2 Å². The first-order chi connectivity index (χ1) is 8.36. The van der Waals surface area contributed by atoms with Gasteiger partial charge in [0, 0.05) is 18.7 Å². The minimum absolute atomic E-state index is 0.216. The molecule has 0 aliphatic heterocycles. The number of benzene rings is 1. The third-order valence-electron chi connectivity index (χ3n) is 2.17. The Balaban J connectivity index is 3.22. The van der Waals surface area contributed by atoms with Crippen LogP contribution < -0.4 is 5.32 Å². The van der Waals surface area contributed by atoms with E-state index in [9.17, 15) is 23.3 Å². The lowest BCUT2D eigenvalue weighted by molar-refractivity contribution is -0.384. The van der Waals surface area contributed by atoms with Crippen molar-refractivity contribution in [1.29, 1.82) is 0 Å².